The Hall–Kier alpha value is -2.48. The van der Waals surface area contributed by atoms with Crippen molar-refractivity contribution >= 4 is 11.7 Å². The van der Waals surface area contributed by atoms with E-state index in [4.69, 9.17) is 5.84 Å². The van der Waals surface area contributed by atoms with Gasteiger partial charge in [0.15, 0.2) is 5.82 Å². The summed E-state index contributed by atoms with van der Waals surface area (Å²) < 4.78 is 1.87. The Labute approximate surface area is 116 Å². The molecule has 0 aromatic carbocycles. The topological polar surface area (TPSA) is 111 Å². The van der Waals surface area contributed by atoms with E-state index in [9.17, 15) is 4.79 Å². The minimum absolute atomic E-state index is 0.211. The number of rotatable bonds is 5. The normalized spacial score (nSPS) is 10.3. The first-order valence-corrected chi connectivity index (χ1v) is 6.24. The SMILES string of the molecule is CCn1cnnc1CNC(=O)c1cc(C)nc(NN)c1. The average Bonchev–Trinajstić information content (AvgIpc) is 2.91. The first-order valence-electron chi connectivity index (χ1n) is 6.24. The van der Waals surface area contributed by atoms with Gasteiger partial charge in [-0.25, -0.2) is 10.8 Å². The van der Waals surface area contributed by atoms with E-state index >= 15 is 0 Å². The predicted molar refractivity (Wildman–Crippen MR) is 73.7 cm³/mol. The molecule has 0 spiro atoms. The molecule has 2 rings (SSSR count). The van der Waals surface area contributed by atoms with Crippen LogP contribution in [0.3, 0.4) is 0 Å². The molecule has 8 heteroatoms. The smallest absolute Gasteiger partial charge is 0.251 e. The average molecular weight is 275 g/mol. The van der Waals surface area contributed by atoms with Gasteiger partial charge in [-0.1, -0.05) is 0 Å². The van der Waals surface area contributed by atoms with Crippen molar-refractivity contribution in [2.75, 3.05) is 5.43 Å². The monoisotopic (exact) mass is 275 g/mol. The van der Waals surface area contributed by atoms with Gasteiger partial charge in [-0.3, -0.25) is 4.79 Å². The highest BCUT2D eigenvalue weighted by Crippen LogP contribution is 2.09. The zero-order chi connectivity index (χ0) is 14.5. The highest BCUT2D eigenvalue weighted by molar-refractivity contribution is 5.94. The Balaban J connectivity index is 2.07. The van der Waals surface area contributed by atoms with Gasteiger partial charge in [0.05, 0.1) is 6.54 Å². The van der Waals surface area contributed by atoms with E-state index in [0.29, 0.717) is 29.4 Å². The molecule has 0 aliphatic carbocycles. The van der Waals surface area contributed by atoms with Crippen molar-refractivity contribution in [1.82, 2.24) is 25.1 Å². The fourth-order valence-electron chi connectivity index (χ4n) is 1.81. The highest BCUT2D eigenvalue weighted by Gasteiger charge is 2.10. The van der Waals surface area contributed by atoms with Gasteiger partial charge in [0.25, 0.3) is 5.91 Å². The van der Waals surface area contributed by atoms with Gasteiger partial charge in [0, 0.05) is 17.8 Å². The summed E-state index contributed by atoms with van der Waals surface area (Å²) in [5.41, 5.74) is 3.64. The molecule has 0 bridgehead atoms. The first kappa shape index (κ1) is 13.9. The molecule has 0 aliphatic rings. The molecule has 106 valence electrons. The van der Waals surface area contributed by atoms with Gasteiger partial charge in [-0.2, -0.15) is 0 Å². The van der Waals surface area contributed by atoms with E-state index in [-0.39, 0.29) is 5.91 Å². The van der Waals surface area contributed by atoms with Crippen LogP contribution in [0.2, 0.25) is 0 Å². The van der Waals surface area contributed by atoms with Gasteiger partial charge in [-0.05, 0) is 26.0 Å². The third kappa shape index (κ3) is 3.09. The lowest BCUT2D eigenvalue weighted by atomic mass is 10.2. The second-order valence-electron chi connectivity index (χ2n) is 4.24. The van der Waals surface area contributed by atoms with Crippen molar-refractivity contribution in [3.05, 3.63) is 35.5 Å². The number of nitrogen functional groups attached to an aromatic ring is 1. The van der Waals surface area contributed by atoms with Crippen LogP contribution in [-0.2, 0) is 13.1 Å². The number of hydrogen-bond donors (Lipinski definition) is 3. The molecular weight excluding hydrogens is 258 g/mol. The van der Waals surface area contributed by atoms with Crippen molar-refractivity contribution in [3.63, 3.8) is 0 Å². The van der Waals surface area contributed by atoms with Crippen LogP contribution < -0.4 is 16.6 Å². The Kier molecular flexibility index (Phi) is 4.26. The Morgan fingerprint density at radius 1 is 1.45 bits per heavy atom. The van der Waals surface area contributed by atoms with Crippen LogP contribution in [0.15, 0.2) is 18.5 Å². The Morgan fingerprint density at radius 2 is 2.25 bits per heavy atom. The number of nitrogens with one attached hydrogen (secondary N) is 2. The van der Waals surface area contributed by atoms with Crippen LogP contribution in [0.5, 0.6) is 0 Å². The molecule has 0 radical (unpaired) electrons. The molecule has 0 fully saturated rings. The van der Waals surface area contributed by atoms with Gasteiger partial charge >= 0.3 is 0 Å². The van der Waals surface area contributed by atoms with Crippen molar-refractivity contribution in [2.24, 2.45) is 5.84 Å². The lowest BCUT2D eigenvalue weighted by Crippen LogP contribution is -2.25. The minimum atomic E-state index is -0.211. The molecule has 0 aliphatic heterocycles. The maximum absolute atomic E-state index is 12.1. The summed E-state index contributed by atoms with van der Waals surface area (Å²) in [4.78, 5) is 16.2. The van der Waals surface area contributed by atoms with Crippen LogP contribution in [0.25, 0.3) is 0 Å². The second-order valence-corrected chi connectivity index (χ2v) is 4.24. The molecule has 4 N–H and O–H groups in total. The molecule has 0 atom stereocenters. The Morgan fingerprint density at radius 3 is 2.95 bits per heavy atom. The van der Waals surface area contributed by atoms with Gasteiger partial charge in [0.1, 0.15) is 12.1 Å². The molecule has 0 unspecified atom stereocenters. The van der Waals surface area contributed by atoms with E-state index in [1.807, 2.05) is 11.5 Å². The van der Waals surface area contributed by atoms with Crippen molar-refractivity contribution in [1.29, 1.82) is 0 Å². The largest absolute Gasteiger partial charge is 0.345 e. The number of carbonyl (C=O) groups excluding carboxylic acids is 1. The summed E-state index contributed by atoms with van der Waals surface area (Å²) in [6, 6.07) is 3.29. The number of hydrazine groups is 1. The minimum Gasteiger partial charge on any atom is -0.345 e. The quantitative estimate of drug-likeness (QED) is 0.531. The van der Waals surface area contributed by atoms with E-state index in [1.54, 1.807) is 25.4 Å². The first-order chi connectivity index (χ1) is 9.63. The molecule has 20 heavy (non-hydrogen) atoms. The number of nitrogens with two attached hydrogens (primary N) is 1. The maximum Gasteiger partial charge on any atom is 0.251 e. The number of carbonyl (C=O) groups is 1. The van der Waals surface area contributed by atoms with Gasteiger partial charge in [0.2, 0.25) is 0 Å². The molecule has 2 aromatic rings. The number of anilines is 1. The van der Waals surface area contributed by atoms with Crippen LogP contribution in [0.4, 0.5) is 5.82 Å². The standard InChI is InChI=1S/C12H17N7O/c1-3-19-7-15-18-11(19)6-14-12(20)9-4-8(2)16-10(5-9)17-13/h4-5,7H,3,6,13H2,1-2H3,(H,14,20)(H,16,17). The summed E-state index contributed by atoms with van der Waals surface area (Å²) >= 11 is 0. The molecule has 0 saturated carbocycles. The van der Waals surface area contributed by atoms with Gasteiger partial charge < -0.3 is 15.3 Å². The van der Waals surface area contributed by atoms with Crippen LogP contribution in [-0.4, -0.2) is 25.7 Å². The van der Waals surface area contributed by atoms with Crippen molar-refractivity contribution < 1.29 is 4.79 Å². The van der Waals surface area contributed by atoms with Crippen LogP contribution in [0.1, 0.15) is 28.8 Å². The second kappa shape index (κ2) is 6.11. The molecule has 0 saturated heterocycles. The molecule has 2 heterocycles. The summed E-state index contributed by atoms with van der Waals surface area (Å²) in [7, 11) is 0. The molecular formula is C12H17N7O. The summed E-state index contributed by atoms with van der Waals surface area (Å²) in [5, 5.41) is 10.6. The van der Waals surface area contributed by atoms with E-state index in [0.717, 1.165) is 6.54 Å². The van der Waals surface area contributed by atoms with Crippen molar-refractivity contribution in [3.8, 4) is 0 Å². The van der Waals surface area contributed by atoms with E-state index in [1.165, 1.54) is 0 Å². The fraction of sp³-hybridized carbons (Fsp3) is 0.333. The molecule has 2 aromatic heterocycles. The van der Waals surface area contributed by atoms with Crippen LogP contribution in [0, 0.1) is 6.92 Å². The summed E-state index contributed by atoms with van der Waals surface area (Å²) in [5.74, 6) is 6.26. The van der Waals surface area contributed by atoms with E-state index in [2.05, 4.69) is 25.9 Å². The van der Waals surface area contributed by atoms with Crippen molar-refractivity contribution in [2.45, 2.75) is 26.9 Å². The fourth-order valence-corrected chi connectivity index (χ4v) is 1.81. The molecule has 1 amide bonds. The Bertz CT molecular complexity index is 608. The van der Waals surface area contributed by atoms with Crippen LogP contribution >= 0.6 is 0 Å². The number of amides is 1. The third-order valence-electron chi connectivity index (χ3n) is 2.81. The maximum atomic E-state index is 12.1. The molecule has 8 nitrogen and oxygen atoms in total. The number of aromatic nitrogens is 4. The predicted octanol–water partition coefficient (Wildman–Crippen LogP) is 0.217. The van der Waals surface area contributed by atoms with Gasteiger partial charge in [-0.15, -0.1) is 10.2 Å². The number of pyridine rings is 1. The zero-order valence-corrected chi connectivity index (χ0v) is 11.4. The third-order valence-corrected chi connectivity index (χ3v) is 2.81. The zero-order valence-electron chi connectivity index (χ0n) is 11.4. The highest BCUT2D eigenvalue weighted by atomic mass is 16.1. The number of hydrogen-bond acceptors (Lipinski definition) is 6. The lowest BCUT2D eigenvalue weighted by molar-refractivity contribution is 0.0949. The number of nitrogens with zero attached hydrogens (tertiary/aromatic N) is 4. The number of aryl methyl sites for hydroxylation is 2. The van der Waals surface area contributed by atoms with E-state index < -0.39 is 0 Å². The summed E-state index contributed by atoms with van der Waals surface area (Å²) in [6.07, 6.45) is 1.63. The summed E-state index contributed by atoms with van der Waals surface area (Å²) in [6.45, 7) is 4.86. The lowest BCUT2D eigenvalue weighted by Gasteiger charge is -2.08.